The molecule has 0 radical (unpaired) electrons. The fraction of sp³-hybridized carbons (Fsp3) is 0.429. The molecule has 3 nitrogen and oxygen atoms in total. The highest BCUT2D eigenvalue weighted by molar-refractivity contribution is 5.79. The molecule has 0 spiro atoms. The van der Waals surface area contributed by atoms with Crippen LogP contribution in [0.1, 0.15) is 5.56 Å². The van der Waals surface area contributed by atoms with Crippen LogP contribution in [0.25, 0.3) is 10.9 Å². The summed E-state index contributed by atoms with van der Waals surface area (Å²) in [5, 5.41) is 4.71. The third-order valence-corrected chi connectivity index (χ3v) is 3.35. The number of fused-ring (bicyclic) bond motifs is 1. The molecule has 1 atom stereocenters. The Morgan fingerprint density at radius 2 is 2.29 bits per heavy atom. The summed E-state index contributed by atoms with van der Waals surface area (Å²) in [5.74, 6) is 0.592. The lowest BCUT2D eigenvalue weighted by atomic mass is 9.99. The molecule has 0 amide bonds. The molecule has 17 heavy (non-hydrogen) atoms. The van der Waals surface area contributed by atoms with Crippen molar-refractivity contribution in [1.29, 1.82) is 0 Å². The van der Waals surface area contributed by atoms with Gasteiger partial charge in [0.25, 0.3) is 0 Å². The number of ether oxygens (including phenoxy) is 1. The van der Waals surface area contributed by atoms with Gasteiger partial charge in [-0.05, 0) is 41.5 Å². The molecule has 1 aromatic heterocycles. The maximum absolute atomic E-state index is 5.58. The van der Waals surface area contributed by atoms with Crippen LogP contribution >= 0.6 is 0 Å². The molecule has 3 rings (SSSR count). The number of aromatic nitrogens is 1. The minimum atomic E-state index is 0.592. The van der Waals surface area contributed by atoms with Gasteiger partial charge in [0.2, 0.25) is 0 Å². The molecule has 0 unspecified atom stereocenters. The lowest BCUT2D eigenvalue weighted by Crippen LogP contribution is -2.24. The van der Waals surface area contributed by atoms with Crippen molar-refractivity contribution in [3.63, 3.8) is 0 Å². The molecule has 0 bridgehead atoms. The number of hydrogen-bond acceptors (Lipinski definition) is 2. The second kappa shape index (κ2) is 4.90. The Labute approximate surface area is 101 Å². The van der Waals surface area contributed by atoms with E-state index in [0.29, 0.717) is 5.92 Å². The van der Waals surface area contributed by atoms with Gasteiger partial charge in [-0.25, -0.2) is 0 Å². The summed E-state index contributed by atoms with van der Waals surface area (Å²) in [5.41, 5.74) is 2.61. The molecule has 90 valence electrons. The van der Waals surface area contributed by atoms with Gasteiger partial charge in [-0.1, -0.05) is 6.07 Å². The lowest BCUT2D eigenvalue weighted by Gasteiger charge is -2.13. The Kier molecular flexibility index (Phi) is 3.12. The Morgan fingerprint density at radius 1 is 1.29 bits per heavy atom. The molecular formula is C14H18N2O. The summed E-state index contributed by atoms with van der Waals surface area (Å²) in [6.07, 6.45) is 3.08. The molecule has 2 N–H and O–H groups in total. The highest BCUT2D eigenvalue weighted by Crippen LogP contribution is 2.17. The lowest BCUT2D eigenvalue weighted by molar-refractivity contribution is 0.123. The van der Waals surface area contributed by atoms with E-state index in [1.54, 1.807) is 0 Å². The van der Waals surface area contributed by atoms with E-state index < -0.39 is 0 Å². The van der Waals surface area contributed by atoms with Gasteiger partial charge in [0.15, 0.2) is 0 Å². The molecule has 0 saturated carbocycles. The van der Waals surface area contributed by atoms with Crippen molar-refractivity contribution in [2.45, 2.75) is 6.42 Å². The highest BCUT2D eigenvalue weighted by Gasteiger charge is 2.13. The molecule has 2 aromatic rings. The Balaban J connectivity index is 1.74. The van der Waals surface area contributed by atoms with Crippen LogP contribution in [-0.2, 0) is 11.2 Å². The zero-order valence-electron chi connectivity index (χ0n) is 9.91. The van der Waals surface area contributed by atoms with Gasteiger partial charge in [-0.15, -0.1) is 0 Å². The van der Waals surface area contributed by atoms with E-state index >= 15 is 0 Å². The number of hydrogen-bond donors (Lipinski definition) is 2. The van der Waals surface area contributed by atoms with Crippen molar-refractivity contribution in [3.05, 3.63) is 36.0 Å². The second-order valence-corrected chi connectivity index (χ2v) is 4.75. The molecule has 1 aromatic carbocycles. The average molecular weight is 230 g/mol. The first-order chi connectivity index (χ1) is 8.42. The van der Waals surface area contributed by atoms with Crippen LogP contribution in [0.15, 0.2) is 30.5 Å². The summed E-state index contributed by atoms with van der Waals surface area (Å²) in [4.78, 5) is 3.22. The van der Waals surface area contributed by atoms with Gasteiger partial charge in [0, 0.05) is 24.8 Å². The molecule has 3 heteroatoms. The molecule has 1 fully saturated rings. The van der Waals surface area contributed by atoms with Crippen molar-refractivity contribution in [2.75, 3.05) is 26.3 Å². The first-order valence-corrected chi connectivity index (χ1v) is 6.26. The van der Waals surface area contributed by atoms with E-state index in [4.69, 9.17) is 4.74 Å². The maximum Gasteiger partial charge on any atom is 0.0591 e. The van der Waals surface area contributed by atoms with Crippen molar-refractivity contribution in [3.8, 4) is 0 Å². The zero-order chi connectivity index (χ0) is 11.5. The monoisotopic (exact) mass is 230 g/mol. The minimum Gasteiger partial charge on any atom is -0.380 e. The summed E-state index contributed by atoms with van der Waals surface area (Å²) >= 11 is 0. The normalized spacial score (nSPS) is 21.5. The summed E-state index contributed by atoms with van der Waals surface area (Å²) in [6.45, 7) is 3.75. The predicted molar refractivity (Wildman–Crippen MR) is 69.2 cm³/mol. The van der Waals surface area contributed by atoms with Gasteiger partial charge in [0.05, 0.1) is 13.2 Å². The molecule has 0 aliphatic carbocycles. The van der Waals surface area contributed by atoms with Crippen molar-refractivity contribution in [2.24, 2.45) is 5.92 Å². The van der Waals surface area contributed by atoms with E-state index in [1.165, 1.54) is 16.5 Å². The van der Waals surface area contributed by atoms with E-state index in [9.17, 15) is 0 Å². The molecule has 1 saturated heterocycles. The largest absolute Gasteiger partial charge is 0.380 e. The van der Waals surface area contributed by atoms with E-state index in [2.05, 4.69) is 34.6 Å². The molecule has 1 aliphatic heterocycles. The number of H-pyrrole nitrogens is 1. The Hall–Kier alpha value is -1.32. The standard InChI is InChI=1S/C14H18N2O/c1-2-14-13(3-4-16-14)8-11(1)7-12-9-15-5-6-17-10-12/h1-4,8,12,15-16H,5-7,9-10H2/t12-/m1/s1. The van der Waals surface area contributed by atoms with Gasteiger partial charge in [-0.3, -0.25) is 0 Å². The average Bonchev–Trinajstić information content (AvgIpc) is 2.65. The first-order valence-electron chi connectivity index (χ1n) is 6.26. The van der Waals surface area contributed by atoms with Crippen molar-refractivity contribution in [1.82, 2.24) is 10.3 Å². The van der Waals surface area contributed by atoms with Crippen LogP contribution in [-0.4, -0.2) is 31.3 Å². The fourth-order valence-corrected chi connectivity index (χ4v) is 2.45. The van der Waals surface area contributed by atoms with Crippen LogP contribution in [0.3, 0.4) is 0 Å². The number of rotatable bonds is 2. The second-order valence-electron chi connectivity index (χ2n) is 4.75. The maximum atomic E-state index is 5.58. The van der Waals surface area contributed by atoms with Crippen LogP contribution < -0.4 is 5.32 Å². The molecule has 2 heterocycles. The van der Waals surface area contributed by atoms with E-state index in [1.807, 2.05) is 6.20 Å². The first kappa shape index (κ1) is 10.8. The summed E-state index contributed by atoms with van der Waals surface area (Å²) in [6, 6.07) is 8.77. The fourth-order valence-electron chi connectivity index (χ4n) is 2.45. The zero-order valence-corrected chi connectivity index (χ0v) is 9.91. The van der Waals surface area contributed by atoms with Crippen LogP contribution in [0.5, 0.6) is 0 Å². The molecule has 1 aliphatic rings. The third-order valence-electron chi connectivity index (χ3n) is 3.35. The Bertz CT molecular complexity index is 484. The van der Waals surface area contributed by atoms with Gasteiger partial charge in [-0.2, -0.15) is 0 Å². The van der Waals surface area contributed by atoms with Crippen molar-refractivity contribution >= 4 is 10.9 Å². The number of aromatic amines is 1. The van der Waals surface area contributed by atoms with Crippen LogP contribution in [0.4, 0.5) is 0 Å². The van der Waals surface area contributed by atoms with Gasteiger partial charge < -0.3 is 15.0 Å². The number of benzene rings is 1. The summed E-state index contributed by atoms with van der Waals surface area (Å²) in [7, 11) is 0. The quantitative estimate of drug-likeness (QED) is 0.827. The van der Waals surface area contributed by atoms with E-state index in [-0.39, 0.29) is 0 Å². The van der Waals surface area contributed by atoms with Crippen molar-refractivity contribution < 1.29 is 4.74 Å². The topological polar surface area (TPSA) is 37.0 Å². The van der Waals surface area contributed by atoms with Crippen LogP contribution in [0.2, 0.25) is 0 Å². The van der Waals surface area contributed by atoms with E-state index in [0.717, 1.165) is 32.7 Å². The Morgan fingerprint density at radius 3 is 3.29 bits per heavy atom. The minimum absolute atomic E-state index is 0.592. The van der Waals surface area contributed by atoms with Gasteiger partial charge in [0.1, 0.15) is 0 Å². The van der Waals surface area contributed by atoms with Gasteiger partial charge >= 0.3 is 0 Å². The molecular weight excluding hydrogens is 212 g/mol. The summed E-state index contributed by atoms with van der Waals surface area (Å²) < 4.78 is 5.58. The predicted octanol–water partition coefficient (Wildman–Crippen LogP) is 1.95. The third kappa shape index (κ3) is 2.51. The number of nitrogens with one attached hydrogen (secondary N) is 2. The van der Waals surface area contributed by atoms with Crippen LogP contribution in [0, 0.1) is 5.92 Å². The highest BCUT2D eigenvalue weighted by atomic mass is 16.5. The SMILES string of the molecule is c1cc2cc(C[C@@H]3CNCCOC3)ccc2[nH]1. The smallest absolute Gasteiger partial charge is 0.0591 e.